The molecule has 0 saturated carbocycles. The normalized spacial score (nSPS) is 10.2. The molecular formula is C16H17FN2S. The van der Waals surface area contributed by atoms with Crippen LogP contribution >= 0.6 is 12.2 Å². The van der Waals surface area contributed by atoms with Crippen molar-refractivity contribution < 1.29 is 4.39 Å². The summed E-state index contributed by atoms with van der Waals surface area (Å²) < 4.78 is 13.1. The van der Waals surface area contributed by atoms with Crippen molar-refractivity contribution in [3.63, 3.8) is 0 Å². The summed E-state index contributed by atoms with van der Waals surface area (Å²) in [6.07, 6.45) is 0.923. The number of hydrogen-bond acceptors (Lipinski definition) is 1. The van der Waals surface area contributed by atoms with Gasteiger partial charge in [-0.3, -0.25) is 0 Å². The van der Waals surface area contributed by atoms with Gasteiger partial charge in [0.1, 0.15) is 5.82 Å². The van der Waals surface area contributed by atoms with Crippen molar-refractivity contribution in [3.8, 4) is 0 Å². The summed E-state index contributed by atoms with van der Waals surface area (Å²) in [7, 11) is 0. The van der Waals surface area contributed by atoms with Gasteiger partial charge in [-0.15, -0.1) is 0 Å². The van der Waals surface area contributed by atoms with Gasteiger partial charge >= 0.3 is 0 Å². The van der Waals surface area contributed by atoms with E-state index in [1.807, 2.05) is 19.1 Å². The van der Waals surface area contributed by atoms with Gasteiger partial charge in [0.2, 0.25) is 0 Å². The van der Waals surface area contributed by atoms with Crippen molar-refractivity contribution in [2.45, 2.75) is 20.3 Å². The lowest BCUT2D eigenvalue weighted by Gasteiger charge is -2.15. The Bertz CT molecular complexity index is 626. The fourth-order valence-corrected chi connectivity index (χ4v) is 2.26. The monoisotopic (exact) mass is 288 g/mol. The summed E-state index contributed by atoms with van der Waals surface area (Å²) in [5.41, 5.74) is 3.99. The van der Waals surface area contributed by atoms with Crippen LogP contribution in [0.5, 0.6) is 0 Å². The van der Waals surface area contributed by atoms with Gasteiger partial charge in [0.25, 0.3) is 0 Å². The molecule has 0 unspecified atom stereocenters. The molecule has 0 aromatic heterocycles. The molecule has 0 aliphatic heterocycles. The van der Waals surface area contributed by atoms with Crippen molar-refractivity contribution in [1.29, 1.82) is 0 Å². The van der Waals surface area contributed by atoms with E-state index in [9.17, 15) is 4.39 Å². The molecule has 2 rings (SSSR count). The lowest BCUT2D eigenvalue weighted by molar-refractivity contribution is 0.628. The molecule has 0 atom stereocenters. The zero-order chi connectivity index (χ0) is 14.5. The maximum atomic E-state index is 13.1. The second-order valence-corrected chi connectivity index (χ2v) is 4.96. The number of benzene rings is 2. The van der Waals surface area contributed by atoms with Crippen LogP contribution in [0.3, 0.4) is 0 Å². The van der Waals surface area contributed by atoms with E-state index in [2.05, 4.69) is 23.6 Å². The van der Waals surface area contributed by atoms with E-state index < -0.39 is 0 Å². The molecule has 2 nitrogen and oxygen atoms in total. The van der Waals surface area contributed by atoms with Crippen LogP contribution in [0.1, 0.15) is 18.1 Å². The highest BCUT2D eigenvalue weighted by molar-refractivity contribution is 7.80. The molecule has 104 valence electrons. The molecule has 0 heterocycles. The second-order valence-electron chi connectivity index (χ2n) is 4.55. The fourth-order valence-electron chi connectivity index (χ4n) is 2.04. The van der Waals surface area contributed by atoms with E-state index in [0.717, 1.165) is 17.7 Å². The number of thiocarbonyl (C=S) groups is 1. The first-order valence-electron chi connectivity index (χ1n) is 6.52. The van der Waals surface area contributed by atoms with Gasteiger partial charge in [-0.1, -0.05) is 31.2 Å². The SMILES string of the molecule is CCc1cccc(C)c1NC(=S)Nc1cccc(F)c1. The molecule has 0 saturated heterocycles. The molecule has 0 amide bonds. The molecule has 2 N–H and O–H groups in total. The molecule has 0 bridgehead atoms. The van der Waals surface area contributed by atoms with E-state index in [1.165, 1.54) is 17.7 Å². The highest BCUT2D eigenvalue weighted by atomic mass is 32.1. The molecule has 0 fully saturated rings. The molecule has 0 aliphatic carbocycles. The number of nitrogens with one attached hydrogen (secondary N) is 2. The Kier molecular flexibility index (Phi) is 4.69. The van der Waals surface area contributed by atoms with Crippen molar-refractivity contribution >= 4 is 28.7 Å². The first kappa shape index (κ1) is 14.5. The molecule has 4 heteroatoms. The van der Waals surface area contributed by atoms with Crippen molar-refractivity contribution in [1.82, 2.24) is 0 Å². The Hall–Kier alpha value is -1.94. The second kappa shape index (κ2) is 6.48. The van der Waals surface area contributed by atoms with Gasteiger partial charge in [-0.2, -0.15) is 0 Å². The van der Waals surface area contributed by atoms with Gasteiger partial charge < -0.3 is 10.6 Å². The Morgan fingerprint density at radius 1 is 1.15 bits per heavy atom. The Balaban J connectivity index is 2.12. The van der Waals surface area contributed by atoms with E-state index in [-0.39, 0.29) is 5.82 Å². The summed E-state index contributed by atoms with van der Waals surface area (Å²) in [6, 6.07) is 12.4. The standard InChI is InChI=1S/C16H17FN2S/c1-3-12-7-4-6-11(2)15(12)19-16(20)18-14-9-5-8-13(17)10-14/h4-10H,3H2,1-2H3,(H2,18,19,20). The molecule has 0 aliphatic rings. The van der Waals surface area contributed by atoms with Gasteiger partial charge in [-0.05, 0) is 54.9 Å². The van der Waals surface area contributed by atoms with Crippen LogP contribution in [-0.2, 0) is 6.42 Å². The lowest BCUT2D eigenvalue weighted by Crippen LogP contribution is -2.20. The maximum absolute atomic E-state index is 13.1. The Morgan fingerprint density at radius 2 is 1.90 bits per heavy atom. The maximum Gasteiger partial charge on any atom is 0.175 e. The number of anilines is 2. The summed E-state index contributed by atoms with van der Waals surface area (Å²) >= 11 is 5.28. The summed E-state index contributed by atoms with van der Waals surface area (Å²) in [6.45, 7) is 4.13. The number of halogens is 1. The zero-order valence-electron chi connectivity index (χ0n) is 11.5. The van der Waals surface area contributed by atoms with Gasteiger partial charge in [-0.25, -0.2) is 4.39 Å². The van der Waals surface area contributed by atoms with E-state index in [4.69, 9.17) is 12.2 Å². The molecule has 20 heavy (non-hydrogen) atoms. The molecule has 2 aromatic carbocycles. The average molecular weight is 288 g/mol. The molecular weight excluding hydrogens is 271 g/mol. The Morgan fingerprint density at radius 3 is 2.60 bits per heavy atom. The fraction of sp³-hybridized carbons (Fsp3) is 0.188. The predicted octanol–water partition coefficient (Wildman–Crippen LogP) is 4.51. The van der Waals surface area contributed by atoms with Gasteiger partial charge in [0, 0.05) is 11.4 Å². The van der Waals surface area contributed by atoms with Crippen LogP contribution in [0.2, 0.25) is 0 Å². The van der Waals surface area contributed by atoms with Crippen LogP contribution < -0.4 is 10.6 Å². The van der Waals surface area contributed by atoms with E-state index in [0.29, 0.717) is 10.8 Å². The lowest BCUT2D eigenvalue weighted by atomic mass is 10.1. The third kappa shape index (κ3) is 3.54. The number of hydrogen-bond donors (Lipinski definition) is 2. The minimum Gasteiger partial charge on any atom is -0.332 e. The van der Waals surface area contributed by atoms with Crippen LogP contribution in [0.15, 0.2) is 42.5 Å². The smallest absolute Gasteiger partial charge is 0.175 e. The highest BCUT2D eigenvalue weighted by Gasteiger charge is 2.06. The Labute approximate surface area is 124 Å². The number of para-hydroxylation sites is 1. The molecule has 0 radical (unpaired) electrons. The quantitative estimate of drug-likeness (QED) is 0.813. The van der Waals surface area contributed by atoms with Crippen molar-refractivity contribution in [2.24, 2.45) is 0 Å². The highest BCUT2D eigenvalue weighted by Crippen LogP contribution is 2.21. The van der Waals surface area contributed by atoms with Gasteiger partial charge in [0.05, 0.1) is 0 Å². The number of aryl methyl sites for hydroxylation is 2. The first-order valence-corrected chi connectivity index (χ1v) is 6.93. The van der Waals surface area contributed by atoms with Crippen LogP contribution in [0, 0.1) is 12.7 Å². The summed E-state index contributed by atoms with van der Waals surface area (Å²) in [5.74, 6) is -0.289. The van der Waals surface area contributed by atoms with Gasteiger partial charge in [0.15, 0.2) is 5.11 Å². The molecule has 0 spiro atoms. The third-order valence-electron chi connectivity index (χ3n) is 3.06. The largest absolute Gasteiger partial charge is 0.332 e. The van der Waals surface area contributed by atoms with Crippen molar-refractivity contribution in [3.05, 3.63) is 59.4 Å². The van der Waals surface area contributed by atoms with E-state index in [1.54, 1.807) is 12.1 Å². The summed E-state index contributed by atoms with van der Waals surface area (Å²) in [4.78, 5) is 0. The average Bonchev–Trinajstić information content (AvgIpc) is 2.41. The first-order chi connectivity index (χ1) is 9.60. The predicted molar refractivity (Wildman–Crippen MR) is 86.8 cm³/mol. The van der Waals surface area contributed by atoms with Crippen LogP contribution in [0.4, 0.5) is 15.8 Å². The number of rotatable bonds is 3. The summed E-state index contributed by atoms with van der Waals surface area (Å²) in [5, 5.41) is 6.64. The third-order valence-corrected chi connectivity index (χ3v) is 3.27. The van der Waals surface area contributed by atoms with Crippen LogP contribution in [0.25, 0.3) is 0 Å². The van der Waals surface area contributed by atoms with Crippen LogP contribution in [-0.4, -0.2) is 5.11 Å². The van der Waals surface area contributed by atoms with E-state index >= 15 is 0 Å². The van der Waals surface area contributed by atoms with Crippen molar-refractivity contribution in [2.75, 3.05) is 10.6 Å². The molecule has 2 aromatic rings. The minimum absolute atomic E-state index is 0.289. The minimum atomic E-state index is -0.289. The zero-order valence-corrected chi connectivity index (χ0v) is 12.4. The topological polar surface area (TPSA) is 24.1 Å².